The summed E-state index contributed by atoms with van der Waals surface area (Å²) in [7, 11) is 0. The minimum atomic E-state index is -0.972. The van der Waals surface area contributed by atoms with Crippen LogP contribution in [0.1, 0.15) is 27.2 Å². The Labute approximate surface area is 66.1 Å². The van der Waals surface area contributed by atoms with E-state index in [1.165, 1.54) is 0 Å². The minimum absolute atomic E-state index is 0. The first kappa shape index (κ1) is 11.7. The van der Waals surface area contributed by atoms with Crippen molar-refractivity contribution < 1.29 is 27.0 Å². The number of carboxylic acid groups (broad SMARTS) is 1. The number of hydrogen-bond acceptors (Lipinski definition) is 2. The van der Waals surface area contributed by atoms with Gasteiger partial charge in [-0.2, -0.15) is 0 Å². The Morgan fingerprint density at radius 2 is 1.89 bits per heavy atom. The summed E-state index contributed by atoms with van der Waals surface area (Å²) in [6, 6.07) is 0. The third kappa shape index (κ3) is 3.55. The van der Waals surface area contributed by atoms with Crippen LogP contribution in [0.3, 0.4) is 0 Å². The fraction of sp³-hybridized carbons (Fsp3) is 0.833. The van der Waals surface area contributed by atoms with E-state index in [1.54, 1.807) is 13.8 Å². The summed E-state index contributed by atoms with van der Waals surface area (Å²) < 4.78 is 0. The fourth-order valence-electron chi connectivity index (χ4n) is 0.144. The van der Waals surface area contributed by atoms with E-state index in [0.29, 0.717) is 6.42 Å². The largest absolute Gasteiger partial charge is 1.00 e. The molecule has 58 valence electrons. The maximum absolute atomic E-state index is 10.1. The normalized spacial score (nSPS) is 10.1. The maximum Gasteiger partial charge on any atom is 1.00 e. The molecular formula is C6H11CuO2. The molecule has 0 aromatic carbocycles. The number of hydrogen-bond donors (Lipinski definition) is 0. The molecule has 0 aromatic rings. The molecule has 0 aromatic heterocycles. The minimum Gasteiger partial charge on any atom is -0.550 e. The van der Waals surface area contributed by atoms with Gasteiger partial charge in [-0.05, 0) is 6.42 Å². The SMILES string of the molecule is CCC(C)(C)C(=O)[O-].[Cu+]. The summed E-state index contributed by atoms with van der Waals surface area (Å²) in [5, 5.41) is 10.1. The molecule has 0 radical (unpaired) electrons. The van der Waals surface area contributed by atoms with Gasteiger partial charge in [-0.3, -0.25) is 0 Å². The van der Waals surface area contributed by atoms with E-state index in [4.69, 9.17) is 0 Å². The van der Waals surface area contributed by atoms with Gasteiger partial charge in [0.05, 0.1) is 0 Å². The van der Waals surface area contributed by atoms with Crippen LogP contribution in [-0.2, 0) is 21.9 Å². The van der Waals surface area contributed by atoms with Crippen LogP contribution in [-0.4, -0.2) is 5.97 Å². The molecule has 9 heavy (non-hydrogen) atoms. The molecule has 0 saturated carbocycles. The Kier molecular flexibility index (Phi) is 5.10. The predicted molar refractivity (Wildman–Crippen MR) is 29.1 cm³/mol. The Hall–Kier alpha value is -0.0105. The topological polar surface area (TPSA) is 40.1 Å². The van der Waals surface area contributed by atoms with Crippen LogP contribution in [0.2, 0.25) is 0 Å². The van der Waals surface area contributed by atoms with Crippen molar-refractivity contribution >= 4 is 5.97 Å². The Morgan fingerprint density at radius 3 is 1.89 bits per heavy atom. The first-order valence-corrected chi connectivity index (χ1v) is 2.72. The summed E-state index contributed by atoms with van der Waals surface area (Å²) in [5.74, 6) is -0.972. The van der Waals surface area contributed by atoms with Gasteiger partial charge < -0.3 is 9.90 Å². The average Bonchev–Trinajstić information content (AvgIpc) is 1.67. The van der Waals surface area contributed by atoms with Crippen LogP contribution < -0.4 is 5.11 Å². The van der Waals surface area contributed by atoms with Crippen molar-refractivity contribution in [2.45, 2.75) is 27.2 Å². The number of aliphatic carboxylic acids is 1. The van der Waals surface area contributed by atoms with E-state index in [1.807, 2.05) is 6.92 Å². The number of carbonyl (C=O) groups is 1. The first-order valence-electron chi connectivity index (χ1n) is 2.72. The van der Waals surface area contributed by atoms with Crippen LogP contribution in [0.15, 0.2) is 0 Å². The molecule has 0 N–H and O–H groups in total. The van der Waals surface area contributed by atoms with Crippen LogP contribution in [0.5, 0.6) is 0 Å². The maximum atomic E-state index is 10.1. The van der Waals surface area contributed by atoms with E-state index < -0.39 is 11.4 Å². The molecule has 0 rings (SSSR count). The van der Waals surface area contributed by atoms with E-state index in [0.717, 1.165) is 0 Å². The van der Waals surface area contributed by atoms with Crippen molar-refractivity contribution in [3.05, 3.63) is 0 Å². The summed E-state index contributed by atoms with van der Waals surface area (Å²) in [4.78, 5) is 10.1. The molecule has 0 aliphatic heterocycles. The van der Waals surface area contributed by atoms with Gasteiger partial charge in [0, 0.05) is 11.4 Å². The Bertz CT molecular complexity index is 99.2. The summed E-state index contributed by atoms with van der Waals surface area (Å²) >= 11 is 0. The second kappa shape index (κ2) is 3.91. The smallest absolute Gasteiger partial charge is 0.550 e. The zero-order chi connectivity index (χ0) is 6.78. The molecule has 0 spiro atoms. The van der Waals surface area contributed by atoms with E-state index >= 15 is 0 Å². The molecule has 0 aliphatic rings. The molecule has 0 amide bonds. The van der Waals surface area contributed by atoms with Gasteiger partial charge in [0.2, 0.25) is 0 Å². The van der Waals surface area contributed by atoms with Crippen molar-refractivity contribution in [1.29, 1.82) is 0 Å². The Morgan fingerprint density at radius 1 is 1.56 bits per heavy atom. The standard InChI is InChI=1S/C6H12O2.Cu/c1-4-6(2,3)5(7)8;/h4H2,1-3H3,(H,7,8);/q;+1/p-1. The summed E-state index contributed by atoms with van der Waals surface area (Å²) in [6.07, 6.45) is 0.620. The molecular weight excluding hydrogens is 168 g/mol. The molecule has 0 saturated heterocycles. The average molecular weight is 179 g/mol. The third-order valence-electron chi connectivity index (χ3n) is 1.44. The van der Waals surface area contributed by atoms with E-state index in [2.05, 4.69) is 0 Å². The molecule has 0 bridgehead atoms. The second-order valence-electron chi connectivity index (χ2n) is 2.52. The van der Waals surface area contributed by atoms with Crippen molar-refractivity contribution in [3.63, 3.8) is 0 Å². The molecule has 0 fully saturated rings. The fourth-order valence-corrected chi connectivity index (χ4v) is 0.144. The monoisotopic (exact) mass is 178 g/mol. The van der Waals surface area contributed by atoms with Gasteiger partial charge >= 0.3 is 17.1 Å². The molecule has 0 aliphatic carbocycles. The van der Waals surface area contributed by atoms with Crippen LogP contribution in [0.25, 0.3) is 0 Å². The molecule has 2 nitrogen and oxygen atoms in total. The van der Waals surface area contributed by atoms with Gasteiger partial charge in [0.15, 0.2) is 0 Å². The van der Waals surface area contributed by atoms with Crippen LogP contribution >= 0.6 is 0 Å². The number of rotatable bonds is 2. The predicted octanol–water partition coefficient (Wildman–Crippen LogP) is 0.170. The van der Waals surface area contributed by atoms with Gasteiger partial charge in [-0.1, -0.05) is 20.8 Å². The van der Waals surface area contributed by atoms with Crippen LogP contribution in [0.4, 0.5) is 0 Å². The van der Waals surface area contributed by atoms with Crippen molar-refractivity contribution in [1.82, 2.24) is 0 Å². The van der Waals surface area contributed by atoms with Crippen LogP contribution in [0, 0.1) is 5.41 Å². The first-order chi connectivity index (χ1) is 3.50. The Balaban J connectivity index is 0. The molecule has 0 atom stereocenters. The number of carboxylic acids is 1. The zero-order valence-corrected chi connectivity index (χ0v) is 6.77. The molecule has 3 heteroatoms. The van der Waals surface area contributed by atoms with Gasteiger partial charge in [0.25, 0.3) is 0 Å². The molecule has 0 heterocycles. The summed E-state index contributed by atoms with van der Waals surface area (Å²) in [5.41, 5.74) is -0.653. The van der Waals surface area contributed by atoms with Gasteiger partial charge in [-0.15, -0.1) is 0 Å². The van der Waals surface area contributed by atoms with Crippen molar-refractivity contribution in [2.24, 2.45) is 5.41 Å². The summed E-state index contributed by atoms with van der Waals surface area (Å²) in [6.45, 7) is 5.14. The quantitative estimate of drug-likeness (QED) is 0.566. The van der Waals surface area contributed by atoms with Gasteiger partial charge in [0.1, 0.15) is 0 Å². The zero-order valence-electron chi connectivity index (χ0n) is 5.83. The second-order valence-corrected chi connectivity index (χ2v) is 2.52. The third-order valence-corrected chi connectivity index (χ3v) is 1.44. The van der Waals surface area contributed by atoms with E-state index in [9.17, 15) is 9.90 Å². The number of carbonyl (C=O) groups excluding carboxylic acids is 1. The van der Waals surface area contributed by atoms with Crippen molar-refractivity contribution in [3.8, 4) is 0 Å². The van der Waals surface area contributed by atoms with Crippen molar-refractivity contribution in [2.75, 3.05) is 0 Å². The van der Waals surface area contributed by atoms with E-state index in [-0.39, 0.29) is 17.1 Å². The van der Waals surface area contributed by atoms with Gasteiger partial charge in [-0.25, -0.2) is 0 Å². The molecule has 0 unspecified atom stereocenters.